The molecule has 0 radical (unpaired) electrons. The highest BCUT2D eigenvalue weighted by Crippen LogP contribution is 2.31. The Morgan fingerprint density at radius 2 is 2.28 bits per heavy atom. The summed E-state index contributed by atoms with van der Waals surface area (Å²) in [6, 6.07) is 0. The first kappa shape index (κ1) is 13.2. The molecule has 1 aromatic rings. The second-order valence-electron chi connectivity index (χ2n) is 4.91. The van der Waals surface area contributed by atoms with Gasteiger partial charge in [-0.05, 0) is 32.1 Å². The van der Waals surface area contributed by atoms with Gasteiger partial charge in [-0.15, -0.1) is 0 Å². The number of aromatic nitrogens is 2. The quantitative estimate of drug-likeness (QED) is 0.797. The summed E-state index contributed by atoms with van der Waals surface area (Å²) in [5.74, 6) is 2.48. The second kappa shape index (κ2) is 5.61. The minimum atomic E-state index is 0.377. The monoisotopic (exact) mass is 264 g/mol. The second-order valence-corrected chi connectivity index (χ2v) is 5.35. The zero-order valence-corrected chi connectivity index (χ0v) is 11.8. The van der Waals surface area contributed by atoms with Crippen molar-refractivity contribution >= 4 is 23.0 Å². The van der Waals surface area contributed by atoms with Crippen LogP contribution in [-0.4, -0.2) is 28.0 Å². The zero-order chi connectivity index (χ0) is 13.1. The van der Waals surface area contributed by atoms with E-state index in [0.717, 1.165) is 42.6 Å². The Labute approximate surface area is 114 Å². The molecule has 1 heterocycles. The van der Waals surface area contributed by atoms with Gasteiger partial charge in [0.15, 0.2) is 0 Å². The summed E-state index contributed by atoms with van der Waals surface area (Å²) in [5, 5.41) is 0. The van der Waals surface area contributed by atoms with Crippen LogP contribution in [-0.2, 0) is 0 Å². The number of hydrogen-bond acceptors (Lipinski definition) is 4. The third-order valence-corrected chi connectivity index (χ3v) is 3.34. The molecule has 1 aliphatic rings. The van der Waals surface area contributed by atoms with Crippen molar-refractivity contribution in [2.75, 3.05) is 18.0 Å². The van der Waals surface area contributed by atoms with Gasteiger partial charge in [-0.3, -0.25) is 0 Å². The van der Waals surface area contributed by atoms with Gasteiger partial charge in [0.2, 0.25) is 0 Å². The van der Waals surface area contributed by atoms with Crippen molar-refractivity contribution in [2.24, 2.45) is 11.7 Å². The lowest BCUT2D eigenvalue weighted by molar-refractivity contribution is 0.695. The third kappa shape index (κ3) is 3.16. The first-order valence-corrected chi connectivity index (χ1v) is 6.91. The molecule has 1 aliphatic carbocycles. The molecular weight excluding hydrogens is 244 g/mol. The molecule has 0 aromatic carbocycles. The molecule has 0 bridgehead atoms. The number of thiocarbonyl (C=S) groups is 1. The highest BCUT2D eigenvalue weighted by Gasteiger charge is 2.26. The number of nitrogens with zero attached hydrogens (tertiary/aromatic N) is 3. The molecule has 1 saturated carbocycles. The van der Waals surface area contributed by atoms with Gasteiger partial charge >= 0.3 is 0 Å². The molecule has 98 valence electrons. The molecule has 1 aromatic heterocycles. The predicted octanol–water partition coefficient (Wildman–Crippen LogP) is 2.05. The Balaban J connectivity index is 2.30. The number of nitrogens with two attached hydrogens (primary N) is 1. The normalized spacial score (nSPS) is 14.6. The summed E-state index contributed by atoms with van der Waals surface area (Å²) in [6.07, 6.45) is 5.49. The maximum atomic E-state index is 5.77. The van der Waals surface area contributed by atoms with Crippen molar-refractivity contribution in [1.29, 1.82) is 0 Å². The van der Waals surface area contributed by atoms with Crippen molar-refractivity contribution in [3.63, 3.8) is 0 Å². The molecule has 5 heteroatoms. The summed E-state index contributed by atoms with van der Waals surface area (Å²) in [6.45, 7) is 6.12. The molecular formula is C13H20N4S. The fourth-order valence-corrected chi connectivity index (χ4v) is 2.18. The van der Waals surface area contributed by atoms with Crippen LogP contribution in [0.25, 0.3) is 0 Å². The van der Waals surface area contributed by atoms with Crippen LogP contribution in [0.15, 0.2) is 6.20 Å². The van der Waals surface area contributed by atoms with Crippen molar-refractivity contribution in [2.45, 2.75) is 33.1 Å². The van der Waals surface area contributed by atoms with Gasteiger partial charge in [-0.25, -0.2) is 9.97 Å². The molecule has 2 N–H and O–H groups in total. The highest BCUT2D eigenvalue weighted by molar-refractivity contribution is 7.80. The lowest BCUT2D eigenvalue weighted by atomic mass is 10.2. The van der Waals surface area contributed by atoms with E-state index in [-0.39, 0.29) is 0 Å². The highest BCUT2D eigenvalue weighted by atomic mass is 32.1. The van der Waals surface area contributed by atoms with Crippen molar-refractivity contribution < 1.29 is 0 Å². The van der Waals surface area contributed by atoms with E-state index >= 15 is 0 Å². The number of rotatable bonds is 6. The maximum Gasteiger partial charge on any atom is 0.142 e. The average Bonchev–Trinajstić information content (AvgIpc) is 3.12. The Morgan fingerprint density at radius 3 is 2.83 bits per heavy atom. The minimum absolute atomic E-state index is 0.377. The number of anilines is 1. The van der Waals surface area contributed by atoms with E-state index in [2.05, 4.69) is 21.8 Å². The molecule has 2 rings (SSSR count). The SMILES string of the molecule is CCCN(CC1CC1)c1nc(C)ncc1C(N)=S. The van der Waals surface area contributed by atoms with Gasteiger partial charge in [0.25, 0.3) is 0 Å². The van der Waals surface area contributed by atoms with Crippen LogP contribution in [0.5, 0.6) is 0 Å². The van der Waals surface area contributed by atoms with Gasteiger partial charge in [0.05, 0.1) is 5.56 Å². The number of hydrogen-bond donors (Lipinski definition) is 1. The van der Waals surface area contributed by atoms with E-state index in [0.29, 0.717) is 4.99 Å². The van der Waals surface area contributed by atoms with Crippen molar-refractivity contribution in [3.05, 3.63) is 17.6 Å². The van der Waals surface area contributed by atoms with Gasteiger partial charge in [0, 0.05) is 19.3 Å². The van der Waals surface area contributed by atoms with E-state index in [4.69, 9.17) is 18.0 Å². The fourth-order valence-electron chi connectivity index (χ4n) is 2.04. The Hall–Kier alpha value is -1.23. The van der Waals surface area contributed by atoms with Crippen molar-refractivity contribution in [3.8, 4) is 0 Å². The lowest BCUT2D eigenvalue weighted by Gasteiger charge is -2.25. The Bertz CT molecular complexity index is 443. The van der Waals surface area contributed by atoms with Gasteiger partial charge < -0.3 is 10.6 Å². The molecule has 4 nitrogen and oxygen atoms in total. The topological polar surface area (TPSA) is 55.0 Å². The van der Waals surface area contributed by atoms with E-state index < -0.39 is 0 Å². The molecule has 1 fully saturated rings. The first-order valence-electron chi connectivity index (χ1n) is 6.50. The molecule has 0 aliphatic heterocycles. The molecule has 0 saturated heterocycles. The predicted molar refractivity (Wildman–Crippen MR) is 77.9 cm³/mol. The van der Waals surface area contributed by atoms with Crippen LogP contribution in [0, 0.1) is 12.8 Å². The molecule has 0 spiro atoms. The van der Waals surface area contributed by atoms with Gasteiger partial charge in [-0.2, -0.15) is 0 Å². The summed E-state index contributed by atoms with van der Waals surface area (Å²) in [4.78, 5) is 11.4. The van der Waals surface area contributed by atoms with E-state index in [1.807, 2.05) is 6.92 Å². The Kier molecular flexibility index (Phi) is 4.11. The van der Waals surface area contributed by atoms with E-state index in [1.54, 1.807) is 6.20 Å². The van der Waals surface area contributed by atoms with Crippen molar-refractivity contribution in [1.82, 2.24) is 9.97 Å². The van der Waals surface area contributed by atoms with Gasteiger partial charge in [-0.1, -0.05) is 19.1 Å². The largest absolute Gasteiger partial charge is 0.389 e. The Morgan fingerprint density at radius 1 is 1.56 bits per heavy atom. The van der Waals surface area contributed by atoms with Gasteiger partial charge in [0.1, 0.15) is 16.6 Å². The van der Waals surface area contributed by atoms with Crippen LogP contribution in [0.4, 0.5) is 5.82 Å². The smallest absolute Gasteiger partial charge is 0.142 e. The van der Waals surface area contributed by atoms with E-state index in [1.165, 1.54) is 12.8 Å². The van der Waals surface area contributed by atoms with Crippen LogP contribution in [0.1, 0.15) is 37.6 Å². The summed E-state index contributed by atoms with van der Waals surface area (Å²) < 4.78 is 0. The fraction of sp³-hybridized carbons (Fsp3) is 0.615. The van der Waals surface area contributed by atoms with Crippen LogP contribution in [0.2, 0.25) is 0 Å². The standard InChI is InChI=1S/C13H20N4S/c1-3-6-17(8-10-4-5-10)13-11(12(14)18)7-15-9(2)16-13/h7,10H,3-6,8H2,1-2H3,(H2,14,18). The van der Waals surface area contributed by atoms with Crippen LogP contribution < -0.4 is 10.6 Å². The summed E-state index contributed by atoms with van der Waals surface area (Å²) >= 11 is 5.10. The molecule has 18 heavy (non-hydrogen) atoms. The molecule has 0 amide bonds. The maximum absolute atomic E-state index is 5.77. The van der Waals surface area contributed by atoms with Crippen LogP contribution >= 0.6 is 12.2 Å². The van der Waals surface area contributed by atoms with Crippen LogP contribution in [0.3, 0.4) is 0 Å². The zero-order valence-electron chi connectivity index (χ0n) is 11.0. The summed E-state index contributed by atoms with van der Waals surface area (Å²) in [7, 11) is 0. The first-order chi connectivity index (χ1) is 8.61. The number of aryl methyl sites for hydroxylation is 1. The van der Waals surface area contributed by atoms with E-state index in [9.17, 15) is 0 Å². The summed E-state index contributed by atoms with van der Waals surface area (Å²) in [5.41, 5.74) is 6.57. The average molecular weight is 264 g/mol. The third-order valence-electron chi connectivity index (χ3n) is 3.12. The molecule has 0 atom stereocenters. The molecule has 0 unspecified atom stereocenters. The lowest BCUT2D eigenvalue weighted by Crippen LogP contribution is -2.30. The minimum Gasteiger partial charge on any atom is -0.389 e.